The Morgan fingerprint density at radius 3 is 2.27 bits per heavy atom. The fourth-order valence-electron chi connectivity index (χ4n) is 1.32. The zero-order valence-electron chi connectivity index (χ0n) is 8.51. The van der Waals surface area contributed by atoms with E-state index in [4.69, 9.17) is 4.74 Å². The topological polar surface area (TPSA) is 9.23 Å². The Bertz CT molecular complexity index is 426. The molecule has 2 aromatic carbocycles. The van der Waals surface area contributed by atoms with Crippen molar-refractivity contribution in [3.05, 3.63) is 54.6 Å². The molecule has 0 bridgehead atoms. The average Bonchev–Trinajstić information content (AvgIpc) is 2.31. The van der Waals surface area contributed by atoms with Crippen LogP contribution >= 0.6 is 0 Å². The Morgan fingerprint density at radius 1 is 0.867 bits per heavy atom. The number of ether oxygens (including phenoxy) is 1. The van der Waals surface area contributed by atoms with E-state index in [9.17, 15) is 0 Å². The first kappa shape index (κ1) is 10.5. The fraction of sp³-hybridized carbons (Fsp3) is 0.0769. The molecule has 0 N–H and O–H groups in total. The molecule has 76 valence electrons. The van der Waals surface area contributed by atoms with E-state index in [1.807, 2.05) is 12.1 Å². The van der Waals surface area contributed by atoms with Crippen LogP contribution in [0.3, 0.4) is 0 Å². The van der Waals surface area contributed by atoms with Crippen molar-refractivity contribution in [2.75, 3.05) is 7.11 Å². The van der Waals surface area contributed by atoms with Crippen molar-refractivity contribution in [1.82, 2.24) is 0 Å². The minimum atomic E-state index is -0.315. The van der Waals surface area contributed by atoms with Gasteiger partial charge in [0.15, 0.2) is 0 Å². The summed E-state index contributed by atoms with van der Waals surface area (Å²) in [5.74, 6) is 1.02. The van der Waals surface area contributed by atoms with Crippen LogP contribution in [0.2, 0.25) is 0 Å². The van der Waals surface area contributed by atoms with Crippen molar-refractivity contribution in [2.24, 2.45) is 0 Å². The van der Waals surface area contributed by atoms with Gasteiger partial charge in [0.1, 0.15) is 0 Å². The zero-order chi connectivity index (χ0) is 10.5. The standard InChI is InChI=1S/C13H12OTe/c1-14-12-9-5-6-10-13(12)15-11-7-3-2-4-8-11/h2-10H,1H3. The van der Waals surface area contributed by atoms with Gasteiger partial charge in [0.2, 0.25) is 0 Å². The molecule has 0 spiro atoms. The Kier molecular flexibility index (Phi) is 3.66. The van der Waals surface area contributed by atoms with Crippen LogP contribution in [0.25, 0.3) is 0 Å². The second-order valence-electron chi connectivity index (χ2n) is 3.07. The van der Waals surface area contributed by atoms with Gasteiger partial charge in [-0.15, -0.1) is 0 Å². The quantitative estimate of drug-likeness (QED) is 0.778. The molecule has 15 heavy (non-hydrogen) atoms. The summed E-state index contributed by atoms with van der Waals surface area (Å²) in [6.45, 7) is 0. The summed E-state index contributed by atoms with van der Waals surface area (Å²) in [4.78, 5) is 0. The zero-order valence-corrected chi connectivity index (χ0v) is 10.8. The number of methoxy groups -OCH3 is 1. The van der Waals surface area contributed by atoms with Crippen LogP contribution in [0.4, 0.5) is 0 Å². The SMILES string of the molecule is COc1ccccc1[Te]c1ccccc1. The van der Waals surface area contributed by atoms with Crippen LogP contribution in [0.5, 0.6) is 5.75 Å². The van der Waals surface area contributed by atoms with Crippen LogP contribution in [0, 0.1) is 0 Å². The van der Waals surface area contributed by atoms with Crippen molar-refractivity contribution < 1.29 is 4.74 Å². The third-order valence-electron chi connectivity index (χ3n) is 2.04. The third-order valence-corrected chi connectivity index (χ3v) is 5.08. The second kappa shape index (κ2) is 5.21. The molecule has 0 atom stereocenters. The number of para-hydroxylation sites is 1. The number of rotatable bonds is 3. The van der Waals surface area contributed by atoms with E-state index >= 15 is 0 Å². The monoisotopic (exact) mass is 314 g/mol. The van der Waals surface area contributed by atoms with Gasteiger partial charge in [-0.1, -0.05) is 0 Å². The van der Waals surface area contributed by atoms with Gasteiger partial charge in [0, 0.05) is 0 Å². The Balaban J connectivity index is 2.24. The Hall–Kier alpha value is -0.970. The third kappa shape index (κ3) is 2.75. The summed E-state index contributed by atoms with van der Waals surface area (Å²) >= 11 is -0.315. The number of hydrogen-bond donors (Lipinski definition) is 0. The van der Waals surface area contributed by atoms with Crippen molar-refractivity contribution in [3.8, 4) is 5.75 Å². The molecule has 0 aliphatic rings. The molecule has 0 aliphatic carbocycles. The molecule has 0 fully saturated rings. The van der Waals surface area contributed by atoms with Crippen LogP contribution < -0.4 is 12.0 Å². The molecule has 0 radical (unpaired) electrons. The van der Waals surface area contributed by atoms with Crippen LogP contribution in [-0.4, -0.2) is 28.0 Å². The van der Waals surface area contributed by atoms with Gasteiger partial charge < -0.3 is 0 Å². The van der Waals surface area contributed by atoms with Gasteiger partial charge in [0.25, 0.3) is 0 Å². The van der Waals surface area contributed by atoms with Crippen molar-refractivity contribution in [3.63, 3.8) is 0 Å². The molecule has 2 aromatic rings. The first-order chi connectivity index (χ1) is 7.40. The first-order valence-electron chi connectivity index (χ1n) is 4.76. The molecule has 0 heterocycles. The molecule has 2 heteroatoms. The predicted octanol–water partition coefficient (Wildman–Crippen LogP) is 1.35. The molecule has 0 saturated carbocycles. The maximum absolute atomic E-state index is 5.35. The number of hydrogen-bond acceptors (Lipinski definition) is 1. The number of benzene rings is 2. The van der Waals surface area contributed by atoms with E-state index in [0.717, 1.165) is 5.75 Å². The first-order valence-corrected chi connectivity index (χ1v) is 7.09. The molecule has 2 rings (SSSR count). The average molecular weight is 312 g/mol. The van der Waals surface area contributed by atoms with Crippen LogP contribution in [0.1, 0.15) is 0 Å². The van der Waals surface area contributed by atoms with Crippen LogP contribution in [-0.2, 0) is 0 Å². The second-order valence-corrected chi connectivity index (χ2v) is 6.25. The molecule has 1 nitrogen and oxygen atoms in total. The van der Waals surface area contributed by atoms with Crippen molar-refractivity contribution in [1.29, 1.82) is 0 Å². The summed E-state index contributed by atoms with van der Waals surface area (Å²) < 4.78 is 8.15. The van der Waals surface area contributed by atoms with Crippen LogP contribution in [0.15, 0.2) is 54.6 Å². The van der Waals surface area contributed by atoms with Gasteiger partial charge in [-0.25, -0.2) is 0 Å². The molecule has 0 unspecified atom stereocenters. The summed E-state index contributed by atoms with van der Waals surface area (Å²) in [5.41, 5.74) is 0. The van der Waals surface area contributed by atoms with E-state index in [-0.39, 0.29) is 20.9 Å². The van der Waals surface area contributed by atoms with E-state index < -0.39 is 0 Å². The molecular formula is C13H12OTe. The van der Waals surface area contributed by atoms with E-state index in [0.29, 0.717) is 0 Å². The summed E-state index contributed by atoms with van der Waals surface area (Å²) in [6, 6.07) is 18.9. The molecule has 0 aliphatic heterocycles. The summed E-state index contributed by atoms with van der Waals surface area (Å²) in [5, 5.41) is 0. The van der Waals surface area contributed by atoms with E-state index in [2.05, 4.69) is 42.5 Å². The van der Waals surface area contributed by atoms with Gasteiger partial charge in [-0.05, 0) is 0 Å². The van der Waals surface area contributed by atoms with Gasteiger partial charge in [-0.3, -0.25) is 0 Å². The predicted molar refractivity (Wildman–Crippen MR) is 64.5 cm³/mol. The minimum absolute atomic E-state index is 0.315. The molecule has 0 amide bonds. The van der Waals surface area contributed by atoms with Crippen molar-refractivity contribution in [2.45, 2.75) is 0 Å². The van der Waals surface area contributed by atoms with Gasteiger partial charge in [-0.2, -0.15) is 0 Å². The summed E-state index contributed by atoms with van der Waals surface area (Å²) in [7, 11) is 1.73. The van der Waals surface area contributed by atoms with Crippen molar-refractivity contribution >= 4 is 28.1 Å². The Labute approximate surface area is 100 Å². The molecule has 0 aromatic heterocycles. The Morgan fingerprint density at radius 2 is 1.53 bits per heavy atom. The normalized spacial score (nSPS) is 9.93. The van der Waals surface area contributed by atoms with E-state index in [1.54, 1.807) is 7.11 Å². The summed E-state index contributed by atoms with van der Waals surface area (Å²) in [6.07, 6.45) is 0. The van der Waals surface area contributed by atoms with Gasteiger partial charge >= 0.3 is 100 Å². The maximum atomic E-state index is 5.35. The molecule has 0 saturated heterocycles. The molecular weight excluding hydrogens is 300 g/mol. The van der Waals surface area contributed by atoms with Gasteiger partial charge in [0.05, 0.1) is 0 Å². The van der Waals surface area contributed by atoms with E-state index in [1.165, 1.54) is 7.22 Å². The fourth-order valence-corrected chi connectivity index (χ4v) is 4.02.